The molecule has 2 amide bonds. The average molecular weight is 385 g/mol. The van der Waals surface area contributed by atoms with Crippen molar-refractivity contribution in [2.24, 2.45) is 5.73 Å². The molecule has 0 bridgehead atoms. The van der Waals surface area contributed by atoms with E-state index in [0.29, 0.717) is 18.9 Å². The number of hydrogen-bond donors (Lipinski definition) is 4. The zero-order valence-electron chi connectivity index (χ0n) is 14.2. The van der Waals surface area contributed by atoms with Gasteiger partial charge in [0.2, 0.25) is 11.8 Å². The molecule has 5 N–H and O–H groups in total. The van der Waals surface area contributed by atoms with Crippen molar-refractivity contribution in [2.45, 2.75) is 37.6 Å². The van der Waals surface area contributed by atoms with Crippen LogP contribution in [0.15, 0.2) is 24.3 Å². The van der Waals surface area contributed by atoms with E-state index in [2.05, 4.69) is 22.3 Å². The Morgan fingerprint density at radius 3 is 2.08 bits per heavy atom. The van der Waals surface area contributed by atoms with Gasteiger partial charge in [0.05, 0.1) is 5.92 Å². The van der Waals surface area contributed by atoms with E-state index in [-0.39, 0.29) is 17.7 Å². The summed E-state index contributed by atoms with van der Waals surface area (Å²) < 4.78 is 31.6. The van der Waals surface area contributed by atoms with Gasteiger partial charge in [-0.1, -0.05) is 12.1 Å². The molecule has 0 aromatic heterocycles. The van der Waals surface area contributed by atoms with Crippen molar-refractivity contribution < 1.29 is 27.1 Å². The Kier molecular flexibility index (Phi) is 6.70. The van der Waals surface area contributed by atoms with Crippen molar-refractivity contribution in [3.05, 3.63) is 29.8 Å². The van der Waals surface area contributed by atoms with Gasteiger partial charge >= 0.3 is 10.4 Å². The van der Waals surface area contributed by atoms with Crippen molar-refractivity contribution >= 4 is 27.9 Å². The molecule has 1 atom stereocenters. The van der Waals surface area contributed by atoms with Gasteiger partial charge in [-0.25, -0.2) is 0 Å². The first kappa shape index (κ1) is 20.3. The van der Waals surface area contributed by atoms with E-state index >= 15 is 0 Å². The molecular formula is C16H23N3O6S. The van der Waals surface area contributed by atoms with Gasteiger partial charge in [0.1, 0.15) is 0 Å². The maximum atomic E-state index is 11.9. The van der Waals surface area contributed by atoms with Gasteiger partial charge in [-0.15, -0.1) is 0 Å². The molecule has 0 aliphatic carbocycles. The molecule has 2 saturated heterocycles. The first-order chi connectivity index (χ1) is 12.1. The summed E-state index contributed by atoms with van der Waals surface area (Å²) in [6.07, 6.45) is 3.06. The number of nitrogens with zero attached hydrogens (tertiary/aromatic N) is 1. The minimum atomic E-state index is -4.67. The van der Waals surface area contributed by atoms with Gasteiger partial charge in [0.15, 0.2) is 0 Å². The van der Waals surface area contributed by atoms with Crippen LogP contribution in [0.3, 0.4) is 0 Å². The quantitative estimate of drug-likeness (QED) is 0.424. The maximum absolute atomic E-state index is 11.9. The number of anilines is 1. The average Bonchev–Trinajstić information content (AvgIpc) is 2.54. The summed E-state index contributed by atoms with van der Waals surface area (Å²) in [5.41, 5.74) is 8.09. The fourth-order valence-electron chi connectivity index (χ4n) is 3.09. The Balaban J connectivity index is 0.000000431. The van der Waals surface area contributed by atoms with Gasteiger partial charge in [-0.2, -0.15) is 8.42 Å². The normalized spacial score (nSPS) is 21.7. The highest BCUT2D eigenvalue weighted by atomic mass is 32.3. The lowest BCUT2D eigenvalue weighted by Gasteiger charge is -2.32. The van der Waals surface area contributed by atoms with Crippen LogP contribution in [-0.4, -0.2) is 48.5 Å². The van der Waals surface area contributed by atoms with Crippen molar-refractivity contribution in [2.75, 3.05) is 18.0 Å². The lowest BCUT2D eigenvalue weighted by molar-refractivity contribution is -0.134. The predicted molar refractivity (Wildman–Crippen MR) is 95.2 cm³/mol. The summed E-state index contributed by atoms with van der Waals surface area (Å²) in [6, 6.07) is 8.46. The van der Waals surface area contributed by atoms with E-state index in [4.69, 9.17) is 23.3 Å². The fraction of sp³-hybridized carbons (Fsp3) is 0.500. The van der Waals surface area contributed by atoms with Crippen LogP contribution in [0, 0.1) is 0 Å². The van der Waals surface area contributed by atoms with Crippen LogP contribution in [-0.2, 0) is 20.0 Å². The first-order valence-corrected chi connectivity index (χ1v) is 9.67. The number of benzene rings is 1. The van der Waals surface area contributed by atoms with E-state index in [1.54, 1.807) is 0 Å². The van der Waals surface area contributed by atoms with Crippen LogP contribution in [0.4, 0.5) is 5.69 Å². The van der Waals surface area contributed by atoms with Gasteiger partial charge in [0.25, 0.3) is 0 Å². The number of hydrogen-bond acceptors (Lipinski definition) is 6. The topological polar surface area (TPSA) is 150 Å². The SMILES string of the molecule is NC1CCN(c2ccc(C3CCC(=O)NC3=O)cc2)CC1.O=S(=O)(O)O. The molecule has 0 saturated carbocycles. The number of nitrogens with two attached hydrogens (primary N) is 1. The van der Waals surface area contributed by atoms with Crippen LogP contribution in [0.1, 0.15) is 37.2 Å². The second-order valence-electron chi connectivity index (χ2n) is 6.37. The van der Waals surface area contributed by atoms with Gasteiger partial charge < -0.3 is 10.6 Å². The minimum absolute atomic E-state index is 0.169. The van der Waals surface area contributed by atoms with Crippen molar-refractivity contribution in [3.8, 4) is 0 Å². The molecule has 9 nitrogen and oxygen atoms in total. The molecule has 0 spiro atoms. The molecule has 1 aromatic rings. The number of rotatable bonds is 2. The molecule has 3 rings (SSSR count). The third-order valence-electron chi connectivity index (χ3n) is 4.44. The second kappa shape index (κ2) is 8.58. The Morgan fingerprint density at radius 1 is 1.04 bits per heavy atom. The number of nitrogens with one attached hydrogen (secondary N) is 1. The van der Waals surface area contributed by atoms with Crippen LogP contribution in [0.2, 0.25) is 0 Å². The fourth-order valence-corrected chi connectivity index (χ4v) is 3.09. The summed E-state index contributed by atoms with van der Waals surface area (Å²) in [6.45, 7) is 1.97. The summed E-state index contributed by atoms with van der Waals surface area (Å²) in [7, 11) is -4.67. The number of amides is 2. The highest BCUT2D eigenvalue weighted by Gasteiger charge is 2.28. The minimum Gasteiger partial charge on any atom is -0.371 e. The second-order valence-corrected chi connectivity index (χ2v) is 7.26. The van der Waals surface area contributed by atoms with E-state index < -0.39 is 10.4 Å². The molecule has 2 fully saturated rings. The zero-order valence-corrected chi connectivity index (χ0v) is 15.0. The third kappa shape index (κ3) is 6.37. The maximum Gasteiger partial charge on any atom is 0.394 e. The molecule has 26 heavy (non-hydrogen) atoms. The van der Waals surface area contributed by atoms with Crippen molar-refractivity contribution in [3.63, 3.8) is 0 Å². The Morgan fingerprint density at radius 2 is 1.58 bits per heavy atom. The molecule has 2 aliphatic rings. The number of carbonyl (C=O) groups excluding carboxylic acids is 2. The molecule has 2 aliphatic heterocycles. The lowest BCUT2D eigenvalue weighted by atomic mass is 9.90. The summed E-state index contributed by atoms with van der Waals surface area (Å²) in [5.74, 6) is -0.549. The Bertz CT molecular complexity index is 734. The van der Waals surface area contributed by atoms with E-state index in [9.17, 15) is 9.59 Å². The summed E-state index contributed by atoms with van der Waals surface area (Å²) in [5, 5.41) is 2.41. The van der Waals surface area contributed by atoms with E-state index in [1.807, 2.05) is 12.1 Å². The molecule has 144 valence electrons. The zero-order chi connectivity index (χ0) is 19.3. The molecule has 2 heterocycles. The molecule has 1 unspecified atom stereocenters. The lowest BCUT2D eigenvalue weighted by Crippen LogP contribution is -2.40. The number of imide groups is 1. The first-order valence-electron chi connectivity index (χ1n) is 8.27. The van der Waals surface area contributed by atoms with Gasteiger partial charge in [0, 0.05) is 31.2 Å². The van der Waals surface area contributed by atoms with E-state index in [0.717, 1.165) is 31.5 Å². The molecular weight excluding hydrogens is 362 g/mol. The van der Waals surface area contributed by atoms with Crippen LogP contribution in [0.25, 0.3) is 0 Å². The number of carbonyl (C=O) groups is 2. The van der Waals surface area contributed by atoms with E-state index in [1.165, 1.54) is 5.69 Å². The summed E-state index contributed by atoms with van der Waals surface area (Å²) >= 11 is 0. The van der Waals surface area contributed by atoms with Crippen molar-refractivity contribution in [1.29, 1.82) is 0 Å². The number of piperidine rings is 2. The standard InChI is InChI=1S/C16H21N3O2.H2O4S/c17-12-7-9-19(10-8-12)13-3-1-11(2-4-13)14-5-6-15(20)18-16(14)21;1-5(2,3)4/h1-4,12,14H,5-10,17H2,(H,18,20,21);(H2,1,2,3,4). The largest absolute Gasteiger partial charge is 0.394 e. The Labute approximate surface area is 152 Å². The third-order valence-corrected chi connectivity index (χ3v) is 4.44. The van der Waals surface area contributed by atoms with Crippen LogP contribution >= 0.6 is 0 Å². The van der Waals surface area contributed by atoms with Crippen molar-refractivity contribution in [1.82, 2.24) is 5.32 Å². The monoisotopic (exact) mass is 385 g/mol. The summed E-state index contributed by atoms with van der Waals surface area (Å²) in [4.78, 5) is 25.4. The molecule has 1 aromatic carbocycles. The van der Waals surface area contributed by atoms with Gasteiger partial charge in [-0.3, -0.25) is 24.0 Å². The van der Waals surface area contributed by atoms with Crippen LogP contribution in [0.5, 0.6) is 0 Å². The highest BCUT2D eigenvalue weighted by molar-refractivity contribution is 7.79. The van der Waals surface area contributed by atoms with Gasteiger partial charge in [-0.05, 0) is 37.0 Å². The van der Waals surface area contributed by atoms with Crippen LogP contribution < -0.4 is 16.0 Å². The Hall–Kier alpha value is -2.01. The smallest absolute Gasteiger partial charge is 0.371 e. The highest BCUT2D eigenvalue weighted by Crippen LogP contribution is 2.27. The molecule has 10 heteroatoms. The predicted octanol–water partition coefficient (Wildman–Crippen LogP) is 0.481. The molecule has 0 radical (unpaired) electrons.